The lowest BCUT2D eigenvalue weighted by molar-refractivity contribution is -0.128. The first-order chi connectivity index (χ1) is 14.3. The lowest BCUT2D eigenvalue weighted by Crippen LogP contribution is -2.46. The summed E-state index contributed by atoms with van der Waals surface area (Å²) in [5.41, 5.74) is 6.52. The first kappa shape index (κ1) is 19.5. The molecule has 3 N–H and O–H groups in total. The maximum atomic E-state index is 14.6. The zero-order valence-corrected chi connectivity index (χ0v) is 16.3. The normalized spacial score (nSPS) is 14.8. The molecule has 4 rings (SSSR count). The topological polar surface area (TPSA) is 107 Å². The molecule has 0 unspecified atom stereocenters. The Kier molecular flexibility index (Phi) is 4.69. The molecule has 2 aromatic heterocycles. The summed E-state index contributed by atoms with van der Waals surface area (Å²) in [5, 5.41) is 2.13. The summed E-state index contributed by atoms with van der Waals surface area (Å²) in [6, 6.07) is 10.8. The van der Waals surface area contributed by atoms with E-state index in [1.807, 2.05) is 0 Å². The van der Waals surface area contributed by atoms with Gasteiger partial charge in [0.15, 0.2) is 11.6 Å². The van der Waals surface area contributed by atoms with Crippen molar-refractivity contribution in [1.29, 1.82) is 0 Å². The van der Waals surface area contributed by atoms with Crippen LogP contribution in [-0.2, 0) is 4.79 Å². The van der Waals surface area contributed by atoms with E-state index >= 15 is 0 Å². The van der Waals surface area contributed by atoms with E-state index in [9.17, 15) is 14.0 Å². The van der Waals surface area contributed by atoms with Crippen molar-refractivity contribution < 1.29 is 18.7 Å². The third-order valence-electron chi connectivity index (χ3n) is 5.23. The van der Waals surface area contributed by atoms with Gasteiger partial charge >= 0.3 is 6.03 Å². The summed E-state index contributed by atoms with van der Waals surface area (Å²) in [6.45, 7) is 3.33. The number of aromatic nitrogens is 2. The molecule has 0 radical (unpaired) electrons. The number of hydrogen-bond acceptors (Lipinski definition) is 5. The van der Waals surface area contributed by atoms with Crippen LogP contribution in [-0.4, -0.2) is 21.9 Å². The van der Waals surface area contributed by atoms with Crippen molar-refractivity contribution in [3.05, 3.63) is 71.8 Å². The quantitative estimate of drug-likeness (QED) is 0.689. The number of para-hydroxylation sites is 1. The SMILES string of the molecule is CC(C)(C(=O)NC(N)=O)[C@@H]1c2ccc(-c3ccncc3)nc2Oc2c(F)cccc21. The van der Waals surface area contributed by atoms with Gasteiger partial charge in [-0.2, -0.15) is 0 Å². The Hall–Kier alpha value is -3.81. The van der Waals surface area contributed by atoms with Crippen molar-refractivity contribution in [1.82, 2.24) is 15.3 Å². The van der Waals surface area contributed by atoms with Gasteiger partial charge in [-0.1, -0.05) is 32.0 Å². The summed E-state index contributed by atoms with van der Waals surface area (Å²) < 4.78 is 20.5. The molecule has 1 aromatic carbocycles. The van der Waals surface area contributed by atoms with E-state index in [1.54, 1.807) is 62.6 Å². The molecule has 7 nitrogen and oxygen atoms in total. The fourth-order valence-corrected chi connectivity index (χ4v) is 3.74. The molecule has 8 heteroatoms. The second-order valence-electron chi connectivity index (χ2n) is 7.56. The average molecular weight is 406 g/mol. The largest absolute Gasteiger partial charge is 0.435 e. The van der Waals surface area contributed by atoms with Crippen LogP contribution in [0.3, 0.4) is 0 Å². The van der Waals surface area contributed by atoms with E-state index in [2.05, 4.69) is 15.3 Å². The smallest absolute Gasteiger partial charge is 0.318 e. The van der Waals surface area contributed by atoms with Crippen molar-refractivity contribution in [3.63, 3.8) is 0 Å². The molecule has 30 heavy (non-hydrogen) atoms. The molecule has 1 atom stereocenters. The molecule has 3 heterocycles. The number of nitrogens with zero attached hydrogens (tertiary/aromatic N) is 2. The molecule has 1 aliphatic rings. The van der Waals surface area contributed by atoms with Gasteiger partial charge in [0.2, 0.25) is 11.8 Å². The minimum Gasteiger partial charge on any atom is -0.435 e. The van der Waals surface area contributed by atoms with Gasteiger partial charge in [-0.25, -0.2) is 14.2 Å². The summed E-state index contributed by atoms with van der Waals surface area (Å²) in [5.74, 6) is -1.56. The van der Waals surface area contributed by atoms with Gasteiger partial charge < -0.3 is 10.5 Å². The zero-order chi connectivity index (χ0) is 21.5. The van der Waals surface area contributed by atoms with Crippen LogP contribution in [0.4, 0.5) is 9.18 Å². The Morgan fingerprint density at radius 2 is 1.83 bits per heavy atom. The zero-order valence-electron chi connectivity index (χ0n) is 16.3. The second-order valence-corrected chi connectivity index (χ2v) is 7.56. The number of primary amides is 1. The number of benzene rings is 1. The van der Waals surface area contributed by atoms with E-state index in [0.717, 1.165) is 5.56 Å². The number of urea groups is 1. The number of nitrogens with two attached hydrogens (primary N) is 1. The summed E-state index contributed by atoms with van der Waals surface area (Å²) in [7, 11) is 0. The van der Waals surface area contributed by atoms with E-state index in [1.165, 1.54) is 6.07 Å². The highest BCUT2D eigenvalue weighted by Crippen LogP contribution is 2.52. The standard InChI is InChI=1S/C22H19FN4O3/c1-22(2,20(28)27-21(24)29)17-13-4-3-5-15(23)18(13)30-19-14(17)6-7-16(26-19)12-8-10-25-11-9-12/h3-11,17H,1-2H3,(H3,24,27,28,29)/t17-/m0/s1. The molecule has 0 fully saturated rings. The highest BCUT2D eigenvalue weighted by Gasteiger charge is 2.45. The number of halogens is 1. The van der Waals surface area contributed by atoms with E-state index < -0.39 is 29.1 Å². The number of carbonyl (C=O) groups excluding carboxylic acids is 2. The summed E-state index contributed by atoms with van der Waals surface area (Å²) in [4.78, 5) is 32.6. The van der Waals surface area contributed by atoms with Crippen LogP contribution < -0.4 is 15.8 Å². The van der Waals surface area contributed by atoms with Crippen LogP contribution >= 0.6 is 0 Å². The minimum atomic E-state index is -1.16. The van der Waals surface area contributed by atoms with Gasteiger partial charge in [0.05, 0.1) is 11.1 Å². The van der Waals surface area contributed by atoms with Crippen molar-refractivity contribution in [2.45, 2.75) is 19.8 Å². The molecule has 0 saturated heterocycles. The average Bonchev–Trinajstić information content (AvgIpc) is 2.72. The maximum absolute atomic E-state index is 14.6. The minimum absolute atomic E-state index is 0.00864. The molecule has 152 valence electrons. The third kappa shape index (κ3) is 3.26. The molecule has 0 saturated carbocycles. The molecular formula is C22H19FN4O3. The fourth-order valence-electron chi connectivity index (χ4n) is 3.74. The van der Waals surface area contributed by atoms with E-state index in [0.29, 0.717) is 16.8 Å². The van der Waals surface area contributed by atoms with Gasteiger partial charge in [-0.15, -0.1) is 0 Å². The maximum Gasteiger partial charge on any atom is 0.318 e. The van der Waals surface area contributed by atoms with Gasteiger partial charge in [0.1, 0.15) is 0 Å². The number of fused-ring (bicyclic) bond motifs is 2. The molecule has 3 aromatic rings. The number of pyridine rings is 2. The van der Waals surface area contributed by atoms with Crippen molar-refractivity contribution in [3.8, 4) is 22.9 Å². The van der Waals surface area contributed by atoms with Crippen LogP contribution in [0, 0.1) is 11.2 Å². The van der Waals surface area contributed by atoms with Crippen molar-refractivity contribution in [2.75, 3.05) is 0 Å². The van der Waals surface area contributed by atoms with Gasteiger partial charge in [0, 0.05) is 35.0 Å². The first-order valence-corrected chi connectivity index (χ1v) is 9.27. The molecule has 0 aliphatic carbocycles. The highest BCUT2D eigenvalue weighted by atomic mass is 19.1. The van der Waals surface area contributed by atoms with Gasteiger partial charge in [-0.3, -0.25) is 15.1 Å². The number of rotatable bonds is 3. The van der Waals surface area contributed by atoms with Crippen LogP contribution in [0.2, 0.25) is 0 Å². The first-order valence-electron chi connectivity index (χ1n) is 9.27. The monoisotopic (exact) mass is 406 g/mol. The fraction of sp³-hybridized carbons (Fsp3) is 0.182. The number of hydrogen-bond donors (Lipinski definition) is 2. The molecule has 0 spiro atoms. The summed E-state index contributed by atoms with van der Waals surface area (Å²) >= 11 is 0. The third-order valence-corrected chi connectivity index (χ3v) is 5.23. The lowest BCUT2D eigenvalue weighted by atomic mass is 9.69. The molecule has 0 bridgehead atoms. The lowest BCUT2D eigenvalue weighted by Gasteiger charge is -2.37. The van der Waals surface area contributed by atoms with Crippen LogP contribution in [0.15, 0.2) is 54.9 Å². The Morgan fingerprint density at radius 1 is 1.10 bits per heavy atom. The van der Waals surface area contributed by atoms with E-state index in [-0.39, 0.29) is 11.6 Å². The Balaban J connectivity index is 1.88. The van der Waals surface area contributed by atoms with Crippen LogP contribution in [0.1, 0.15) is 30.9 Å². The Morgan fingerprint density at radius 3 is 2.53 bits per heavy atom. The van der Waals surface area contributed by atoms with Crippen molar-refractivity contribution >= 4 is 11.9 Å². The second kappa shape index (κ2) is 7.22. The number of imide groups is 1. The predicted octanol–water partition coefficient (Wildman–Crippen LogP) is 3.74. The van der Waals surface area contributed by atoms with Gasteiger partial charge in [-0.05, 0) is 24.3 Å². The number of carbonyl (C=O) groups is 2. The number of ether oxygens (including phenoxy) is 1. The predicted molar refractivity (Wildman–Crippen MR) is 107 cm³/mol. The molecular weight excluding hydrogens is 387 g/mol. The van der Waals surface area contributed by atoms with E-state index in [4.69, 9.17) is 10.5 Å². The Bertz CT molecular complexity index is 1150. The number of amides is 3. The summed E-state index contributed by atoms with van der Waals surface area (Å²) in [6.07, 6.45) is 3.29. The van der Waals surface area contributed by atoms with Crippen LogP contribution in [0.5, 0.6) is 11.6 Å². The van der Waals surface area contributed by atoms with Crippen molar-refractivity contribution in [2.24, 2.45) is 11.1 Å². The molecule has 3 amide bonds. The molecule has 1 aliphatic heterocycles. The highest BCUT2D eigenvalue weighted by molar-refractivity contribution is 5.97. The Labute approximate surface area is 172 Å². The van der Waals surface area contributed by atoms with Gasteiger partial charge in [0.25, 0.3) is 0 Å². The number of nitrogens with one attached hydrogen (secondary N) is 1. The van der Waals surface area contributed by atoms with Crippen LogP contribution in [0.25, 0.3) is 11.3 Å².